The van der Waals surface area contributed by atoms with E-state index in [1.54, 1.807) is 0 Å². The van der Waals surface area contributed by atoms with Gasteiger partial charge in [-0.3, -0.25) is 0 Å². The summed E-state index contributed by atoms with van der Waals surface area (Å²) in [5.74, 6) is 1.00. The topological polar surface area (TPSA) is 51.6 Å². The molecule has 2 heterocycles. The zero-order valence-electron chi connectivity index (χ0n) is 12.0. The number of halogens is 1. The van der Waals surface area contributed by atoms with Crippen LogP contribution in [-0.2, 0) is 0 Å². The first kappa shape index (κ1) is 13.8. The fourth-order valence-corrected chi connectivity index (χ4v) is 2.53. The Morgan fingerprint density at radius 3 is 2.22 bits per heavy atom. The van der Waals surface area contributed by atoms with Crippen LogP contribution in [0.4, 0.5) is 0 Å². The van der Waals surface area contributed by atoms with E-state index in [0.29, 0.717) is 17.3 Å². The Morgan fingerprint density at radius 1 is 0.609 bits per heavy atom. The molecule has 0 aliphatic heterocycles. The molecule has 0 spiro atoms. The predicted molar refractivity (Wildman–Crippen MR) is 91.0 cm³/mol. The van der Waals surface area contributed by atoms with Crippen molar-refractivity contribution in [3.63, 3.8) is 0 Å². The second kappa shape index (κ2) is 5.74. The van der Waals surface area contributed by atoms with E-state index in [0.717, 1.165) is 16.5 Å². The first-order valence-corrected chi connectivity index (χ1v) is 7.50. The molecule has 0 radical (unpaired) electrons. The summed E-state index contributed by atoms with van der Waals surface area (Å²) in [5, 5.41) is 1.23. The number of nitrogens with zero attached hydrogens (tertiary/aromatic N) is 4. The van der Waals surface area contributed by atoms with Crippen LogP contribution in [0.2, 0.25) is 5.28 Å². The summed E-state index contributed by atoms with van der Waals surface area (Å²) in [5.41, 5.74) is 2.45. The van der Waals surface area contributed by atoms with E-state index in [2.05, 4.69) is 19.9 Å². The molecule has 4 rings (SSSR count). The van der Waals surface area contributed by atoms with Gasteiger partial charge < -0.3 is 0 Å². The molecule has 0 amide bonds. The van der Waals surface area contributed by atoms with Gasteiger partial charge in [0.05, 0.1) is 5.52 Å². The summed E-state index contributed by atoms with van der Waals surface area (Å²) in [4.78, 5) is 17.5. The predicted octanol–water partition coefficient (Wildman–Crippen LogP) is 4.41. The molecule has 0 saturated carbocycles. The van der Waals surface area contributed by atoms with Gasteiger partial charge in [0.15, 0.2) is 11.6 Å². The Morgan fingerprint density at radius 2 is 1.35 bits per heavy atom. The number of aromatic nitrogens is 4. The van der Waals surface area contributed by atoms with Crippen molar-refractivity contribution in [1.82, 2.24) is 19.9 Å². The van der Waals surface area contributed by atoms with Gasteiger partial charge in [-0.2, -0.15) is 9.97 Å². The molecule has 0 aliphatic carbocycles. The minimum absolute atomic E-state index is 0.156. The second-order valence-electron chi connectivity index (χ2n) is 5.01. The standard InChI is InChI=1S/C18H11ClN4/c19-18-22-16(13-7-2-1-3-8-13)21-17(23-18)15-11-10-12-6-4-5-9-14(12)20-15/h1-11H. The SMILES string of the molecule is Clc1nc(-c2ccccc2)nc(-c2ccc3ccccc3n2)n1. The Bertz CT molecular complexity index is 986. The molecule has 0 aliphatic rings. The van der Waals surface area contributed by atoms with E-state index in [-0.39, 0.29) is 5.28 Å². The number of rotatable bonds is 2. The highest BCUT2D eigenvalue weighted by molar-refractivity contribution is 6.28. The number of hydrogen-bond donors (Lipinski definition) is 0. The van der Waals surface area contributed by atoms with Crippen LogP contribution in [0, 0.1) is 0 Å². The summed E-state index contributed by atoms with van der Waals surface area (Å²) < 4.78 is 0. The minimum Gasteiger partial charge on any atom is -0.244 e. The average molecular weight is 319 g/mol. The average Bonchev–Trinajstić information content (AvgIpc) is 2.61. The van der Waals surface area contributed by atoms with Crippen molar-refractivity contribution in [2.45, 2.75) is 0 Å². The number of para-hydroxylation sites is 1. The largest absolute Gasteiger partial charge is 0.244 e. The fourth-order valence-electron chi connectivity index (χ4n) is 2.37. The van der Waals surface area contributed by atoms with Gasteiger partial charge in [0.1, 0.15) is 5.69 Å². The molecule has 0 unspecified atom stereocenters. The third kappa shape index (κ3) is 2.76. The van der Waals surface area contributed by atoms with Crippen LogP contribution in [0.25, 0.3) is 33.8 Å². The Hall–Kier alpha value is -2.85. The zero-order valence-corrected chi connectivity index (χ0v) is 12.8. The van der Waals surface area contributed by atoms with Crippen LogP contribution in [0.15, 0.2) is 66.7 Å². The maximum Gasteiger partial charge on any atom is 0.226 e. The Balaban J connectivity index is 1.86. The molecule has 0 N–H and O–H groups in total. The Kier molecular flexibility index (Phi) is 3.44. The summed E-state index contributed by atoms with van der Waals surface area (Å²) in [6.07, 6.45) is 0. The molecule has 110 valence electrons. The van der Waals surface area contributed by atoms with E-state index in [4.69, 9.17) is 11.6 Å². The number of fused-ring (bicyclic) bond motifs is 1. The fraction of sp³-hybridized carbons (Fsp3) is 0. The van der Waals surface area contributed by atoms with Crippen molar-refractivity contribution in [3.05, 3.63) is 72.0 Å². The van der Waals surface area contributed by atoms with Gasteiger partial charge in [0.25, 0.3) is 0 Å². The van der Waals surface area contributed by atoms with E-state index in [1.165, 1.54) is 0 Å². The number of pyridine rings is 1. The van der Waals surface area contributed by atoms with Crippen LogP contribution < -0.4 is 0 Å². The number of hydrogen-bond acceptors (Lipinski definition) is 4. The quantitative estimate of drug-likeness (QED) is 0.549. The molecule has 2 aromatic carbocycles. The maximum absolute atomic E-state index is 6.08. The highest BCUT2D eigenvalue weighted by Crippen LogP contribution is 2.22. The maximum atomic E-state index is 6.08. The van der Waals surface area contributed by atoms with Crippen LogP contribution in [0.1, 0.15) is 0 Å². The molecule has 4 nitrogen and oxygen atoms in total. The lowest BCUT2D eigenvalue weighted by atomic mass is 10.2. The van der Waals surface area contributed by atoms with E-state index < -0.39 is 0 Å². The van der Waals surface area contributed by atoms with Gasteiger partial charge in [-0.05, 0) is 23.7 Å². The van der Waals surface area contributed by atoms with Crippen molar-refractivity contribution in [2.75, 3.05) is 0 Å². The van der Waals surface area contributed by atoms with Gasteiger partial charge in [0, 0.05) is 10.9 Å². The smallest absolute Gasteiger partial charge is 0.226 e. The lowest BCUT2D eigenvalue weighted by Crippen LogP contribution is -1.98. The highest BCUT2D eigenvalue weighted by Gasteiger charge is 2.10. The molecular weight excluding hydrogens is 308 g/mol. The molecule has 0 bridgehead atoms. The third-order valence-corrected chi connectivity index (χ3v) is 3.64. The highest BCUT2D eigenvalue weighted by atomic mass is 35.5. The van der Waals surface area contributed by atoms with Crippen molar-refractivity contribution in [1.29, 1.82) is 0 Å². The molecule has 0 atom stereocenters. The lowest BCUT2D eigenvalue weighted by Gasteiger charge is -2.05. The molecule has 2 aromatic heterocycles. The van der Waals surface area contributed by atoms with Gasteiger partial charge in [0.2, 0.25) is 5.28 Å². The first-order chi connectivity index (χ1) is 11.3. The normalized spacial score (nSPS) is 10.8. The molecule has 4 aromatic rings. The van der Waals surface area contributed by atoms with Gasteiger partial charge >= 0.3 is 0 Å². The van der Waals surface area contributed by atoms with Crippen LogP contribution in [0.5, 0.6) is 0 Å². The summed E-state index contributed by atoms with van der Waals surface area (Å²) in [6.45, 7) is 0. The lowest BCUT2D eigenvalue weighted by molar-refractivity contribution is 1.05. The van der Waals surface area contributed by atoms with Gasteiger partial charge in [-0.25, -0.2) is 9.97 Å². The van der Waals surface area contributed by atoms with Crippen molar-refractivity contribution in [3.8, 4) is 22.9 Å². The van der Waals surface area contributed by atoms with Crippen molar-refractivity contribution in [2.24, 2.45) is 0 Å². The van der Waals surface area contributed by atoms with Gasteiger partial charge in [-0.1, -0.05) is 54.6 Å². The van der Waals surface area contributed by atoms with Crippen LogP contribution in [0.3, 0.4) is 0 Å². The summed E-state index contributed by atoms with van der Waals surface area (Å²) in [7, 11) is 0. The summed E-state index contributed by atoms with van der Waals surface area (Å²) in [6, 6.07) is 21.5. The zero-order chi connectivity index (χ0) is 15.6. The van der Waals surface area contributed by atoms with Crippen molar-refractivity contribution < 1.29 is 0 Å². The van der Waals surface area contributed by atoms with E-state index >= 15 is 0 Å². The molecule has 0 fully saturated rings. The summed E-state index contributed by atoms with van der Waals surface area (Å²) >= 11 is 6.08. The van der Waals surface area contributed by atoms with Crippen LogP contribution >= 0.6 is 11.6 Å². The van der Waals surface area contributed by atoms with E-state index in [1.807, 2.05) is 66.7 Å². The van der Waals surface area contributed by atoms with Gasteiger partial charge in [-0.15, -0.1) is 0 Å². The minimum atomic E-state index is 0.156. The molecule has 23 heavy (non-hydrogen) atoms. The van der Waals surface area contributed by atoms with Crippen molar-refractivity contribution >= 4 is 22.5 Å². The molecule has 5 heteroatoms. The van der Waals surface area contributed by atoms with Crippen LogP contribution in [-0.4, -0.2) is 19.9 Å². The molecular formula is C18H11ClN4. The second-order valence-corrected chi connectivity index (χ2v) is 5.34. The Labute approximate surface area is 137 Å². The molecule has 0 saturated heterocycles. The monoisotopic (exact) mass is 318 g/mol. The van der Waals surface area contributed by atoms with E-state index in [9.17, 15) is 0 Å². The third-order valence-electron chi connectivity index (χ3n) is 3.47. The number of benzene rings is 2. The first-order valence-electron chi connectivity index (χ1n) is 7.13.